The zero-order chi connectivity index (χ0) is 19.2. The molecule has 2 fully saturated rings. The van der Waals surface area contributed by atoms with Crippen LogP contribution >= 0.6 is 0 Å². The van der Waals surface area contributed by atoms with Crippen molar-refractivity contribution >= 4 is 17.4 Å². The third kappa shape index (κ3) is 2.36. The van der Waals surface area contributed by atoms with Gasteiger partial charge in [0.2, 0.25) is 0 Å². The molecule has 3 unspecified atom stereocenters. The predicted octanol–water partition coefficient (Wildman–Crippen LogP) is -0.462. The topological polar surface area (TPSA) is 148 Å². The van der Waals surface area contributed by atoms with E-state index in [1.807, 2.05) is 0 Å². The summed E-state index contributed by atoms with van der Waals surface area (Å²) in [5.41, 5.74) is 12.1. The van der Waals surface area contributed by atoms with Gasteiger partial charge in [-0.3, -0.25) is 0 Å². The van der Waals surface area contributed by atoms with Crippen LogP contribution in [0.4, 0.5) is 5.82 Å². The second-order valence-corrected chi connectivity index (χ2v) is 6.35. The van der Waals surface area contributed by atoms with Crippen LogP contribution in [-0.2, 0) is 9.47 Å². The first-order chi connectivity index (χ1) is 12.4. The number of nitrogens with two attached hydrogens (primary N) is 2. The van der Waals surface area contributed by atoms with Gasteiger partial charge in [0.25, 0.3) is 0 Å². The van der Waals surface area contributed by atoms with Crippen LogP contribution in [-0.4, -0.2) is 57.2 Å². The Kier molecular flexibility index (Phi) is 4.57. The van der Waals surface area contributed by atoms with E-state index in [0.29, 0.717) is 16.9 Å². The molecule has 142 valence electrons. The van der Waals surface area contributed by atoms with Crippen molar-refractivity contribution in [1.29, 1.82) is 0 Å². The average molecular weight is 364 g/mol. The lowest BCUT2D eigenvalue weighted by molar-refractivity contribution is -0.116. The van der Waals surface area contributed by atoms with Crippen LogP contribution in [0.1, 0.15) is 24.3 Å². The molecule has 9 nitrogen and oxygen atoms in total. The van der Waals surface area contributed by atoms with Gasteiger partial charge in [-0.05, 0) is 13.0 Å². The molecule has 1 aliphatic carbocycles. The molecule has 1 aromatic heterocycles. The molecule has 0 radical (unpaired) electrons. The normalized spacial score (nSPS) is 33.9. The largest absolute Gasteiger partial charge is 0.496 e. The minimum Gasteiger partial charge on any atom is -0.496 e. The van der Waals surface area contributed by atoms with Crippen LogP contribution in [0.2, 0.25) is 0 Å². The molecule has 1 aliphatic heterocycles. The average Bonchev–Trinajstić information content (AvgIpc) is 2.87. The standard InChI is InChI=1S/C17H24N4O5/c1-4-9(25-3)8-6-21(15(19)10(8)14(18)20-5-2)16-12(23)11-13(24)17(11,7-22)26-16/h4-6,11-13,16,22-24H,2,7,19H2,1,3H3,(H2,18,20)/b9-4-/t11?,12?,13?,16-,17-/m1/s1. The second-order valence-electron chi connectivity index (χ2n) is 6.35. The first kappa shape index (κ1) is 18.5. The second kappa shape index (κ2) is 6.44. The number of nitrogens with zero attached hydrogens (tertiary/aromatic N) is 2. The molecule has 2 heterocycles. The lowest BCUT2D eigenvalue weighted by Gasteiger charge is -2.23. The molecule has 1 aromatic rings. The van der Waals surface area contributed by atoms with E-state index in [9.17, 15) is 15.3 Å². The van der Waals surface area contributed by atoms with Crippen LogP contribution < -0.4 is 11.5 Å². The maximum absolute atomic E-state index is 10.5. The molecular formula is C17H24N4O5. The summed E-state index contributed by atoms with van der Waals surface area (Å²) in [5, 5.41) is 30.0. The van der Waals surface area contributed by atoms with Crippen molar-refractivity contribution in [2.24, 2.45) is 16.6 Å². The van der Waals surface area contributed by atoms with E-state index in [-0.39, 0.29) is 11.7 Å². The highest BCUT2D eigenvalue weighted by molar-refractivity contribution is 6.05. The van der Waals surface area contributed by atoms with Gasteiger partial charge in [-0.2, -0.15) is 0 Å². The number of rotatable bonds is 6. The number of fused-ring (bicyclic) bond motifs is 1. The number of aliphatic hydroxyl groups excluding tert-OH is 3. The van der Waals surface area contributed by atoms with E-state index in [4.69, 9.17) is 20.9 Å². The third-order valence-electron chi connectivity index (χ3n) is 5.12. The van der Waals surface area contributed by atoms with Crippen LogP contribution in [0.25, 0.3) is 5.76 Å². The number of hydrogen-bond donors (Lipinski definition) is 5. The Morgan fingerprint density at radius 3 is 2.73 bits per heavy atom. The number of aromatic nitrogens is 1. The predicted molar refractivity (Wildman–Crippen MR) is 95.9 cm³/mol. The zero-order valence-corrected chi connectivity index (χ0v) is 14.7. The van der Waals surface area contributed by atoms with E-state index in [1.165, 1.54) is 17.9 Å². The molecule has 0 spiro atoms. The van der Waals surface area contributed by atoms with Gasteiger partial charge in [-0.25, -0.2) is 4.99 Å². The summed E-state index contributed by atoms with van der Waals surface area (Å²) in [6.45, 7) is 4.93. The van der Waals surface area contributed by atoms with Gasteiger partial charge in [0, 0.05) is 18.0 Å². The van der Waals surface area contributed by atoms with Crippen molar-refractivity contribution < 1.29 is 24.8 Å². The van der Waals surface area contributed by atoms with E-state index >= 15 is 0 Å². The Hall–Kier alpha value is -2.33. The number of hydrogen-bond acceptors (Lipinski definition) is 7. The van der Waals surface area contributed by atoms with Gasteiger partial charge in [0.1, 0.15) is 29.1 Å². The summed E-state index contributed by atoms with van der Waals surface area (Å²) in [6.07, 6.45) is 1.85. The first-order valence-electron chi connectivity index (χ1n) is 8.18. The number of nitrogen functional groups attached to an aromatic ring is 1. The monoisotopic (exact) mass is 364 g/mol. The van der Waals surface area contributed by atoms with Gasteiger partial charge < -0.3 is 40.8 Å². The first-order valence-corrected chi connectivity index (χ1v) is 8.18. The van der Waals surface area contributed by atoms with Crippen LogP contribution in [0.15, 0.2) is 30.0 Å². The Labute approximate surface area is 150 Å². The molecule has 0 bridgehead atoms. The Morgan fingerprint density at radius 2 is 2.23 bits per heavy atom. The summed E-state index contributed by atoms with van der Waals surface area (Å²) in [4.78, 5) is 3.99. The molecule has 1 saturated carbocycles. The van der Waals surface area contributed by atoms with Gasteiger partial charge >= 0.3 is 0 Å². The van der Waals surface area contributed by atoms with E-state index in [1.54, 1.807) is 19.2 Å². The quantitative estimate of drug-likeness (QED) is 0.260. The molecule has 0 aromatic carbocycles. The number of allylic oxidation sites excluding steroid dienone is 1. The molecule has 5 atom stereocenters. The Morgan fingerprint density at radius 1 is 1.54 bits per heavy atom. The van der Waals surface area contributed by atoms with Gasteiger partial charge in [-0.15, -0.1) is 0 Å². The van der Waals surface area contributed by atoms with Gasteiger partial charge in [0.15, 0.2) is 6.23 Å². The highest BCUT2D eigenvalue weighted by Crippen LogP contribution is 2.59. The fourth-order valence-corrected chi connectivity index (χ4v) is 3.73. The molecule has 3 rings (SSSR count). The molecule has 1 saturated heterocycles. The van der Waals surface area contributed by atoms with Crippen molar-refractivity contribution in [1.82, 2.24) is 4.57 Å². The molecule has 2 aliphatic rings. The van der Waals surface area contributed by atoms with Crippen LogP contribution in [0, 0.1) is 5.92 Å². The van der Waals surface area contributed by atoms with E-state index in [0.717, 1.165) is 0 Å². The summed E-state index contributed by atoms with van der Waals surface area (Å²) >= 11 is 0. The molecule has 9 heteroatoms. The third-order valence-corrected chi connectivity index (χ3v) is 5.12. The maximum atomic E-state index is 10.5. The Bertz CT molecular complexity index is 786. The van der Waals surface area contributed by atoms with Gasteiger partial charge in [0.05, 0.1) is 31.3 Å². The zero-order valence-electron chi connectivity index (χ0n) is 14.7. The van der Waals surface area contributed by atoms with Crippen molar-refractivity contribution in [3.05, 3.63) is 36.2 Å². The lowest BCUT2D eigenvalue weighted by atomic mass is 10.1. The fraction of sp³-hybridized carbons (Fsp3) is 0.471. The molecule has 26 heavy (non-hydrogen) atoms. The summed E-state index contributed by atoms with van der Waals surface area (Å²) in [5.74, 6) is 0.292. The van der Waals surface area contributed by atoms with E-state index in [2.05, 4.69) is 11.6 Å². The fourth-order valence-electron chi connectivity index (χ4n) is 3.73. The molecule has 0 amide bonds. The number of amidine groups is 1. The van der Waals surface area contributed by atoms with Crippen molar-refractivity contribution in [3.63, 3.8) is 0 Å². The molecular weight excluding hydrogens is 340 g/mol. The van der Waals surface area contributed by atoms with Gasteiger partial charge in [-0.1, -0.05) is 6.58 Å². The minimum atomic E-state index is -1.16. The number of aliphatic imine (C=N–C) groups is 1. The molecule has 7 N–H and O–H groups in total. The lowest BCUT2D eigenvalue weighted by Crippen LogP contribution is -2.30. The summed E-state index contributed by atoms with van der Waals surface area (Å²) in [6, 6.07) is 0. The van der Waals surface area contributed by atoms with Crippen molar-refractivity contribution in [2.75, 3.05) is 19.5 Å². The summed E-state index contributed by atoms with van der Waals surface area (Å²) < 4.78 is 12.7. The number of anilines is 1. The van der Waals surface area contributed by atoms with Crippen molar-refractivity contribution in [2.45, 2.75) is 31.0 Å². The van der Waals surface area contributed by atoms with Crippen molar-refractivity contribution in [3.8, 4) is 0 Å². The highest BCUT2D eigenvalue weighted by Gasteiger charge is 2.75. The van der Waals surface area contributed by atoms with Crippen LogP contribution in [0.3, 0.4) is 0 Å². The van der Waals surface area contributed by atoms with E-state index < -0.39 is 36.6 Å². The summed E-state index contributed by atoms with van der Waals surface area (Å²) in [7, 11) is 1.51. The Balaban J connectivity index is 2.09. The minimum absolute atomic E-state index is 0.136. The van der Waals surface area contributed by atoms with Crippen LogP contribution in [0.5, 0.6) is 0 Å². The highest BCUT2D eigenvalue weighted by atomic mass is 16.6. The number of methoxy groups -OCH3 is 1. The number of ether oxygens (including phenoxy) is 2. The maximum Gasteiger partial charge on any atom is 0.162 e. The SMILES string of the molecule is C=CN=C(N)c1c(/C(=C/C)OC)cn([C@@H]2O[C@@]3(CO)C(O)C3C2O)c1N. The smallest absolute Gasteiger partial charge is 0.162 e. The number of aliphatic hydroxyl groups is 3.